The molecule has 104 valence electrons. The van der Waals surface area contributed by atoms with Crippen LogP contribution < -0.4 is 11.1 Å². The molecule has 1 aromatic rings. The second-order valence-corrected chi connectivity index (χ2v) is 4.36. The van der Waals surface area contributed by atoms with E-state index in [1.165, 1.54) is 12.1 Å². The molecule has 2 unspecified atom stereocenters. The lowest BCUT2D eigenvalue weighted by atomic mass is 9.99. The van der Waals surface area contributed by atoms with Crippen LogP contribution in [-0.4, -0.2) is 22.0 Å². The van der Waals surface area contributed by atoms with Crippen LogP contribution in [0.1, 0.15) is 20.3 Å². The van der Waals surface area contributed by atoms with Crippen molar-refractivity contribution in [1.29, 1.82) is 0 Å². The van der Waals surface area contributed by atoms with E-state index in [1.807, 2.05) is 13.8 Å². The van der Waals surface area contributed by atoms with Crippen molar-refractivity contribution in [3.05, 3.63) is 28.3 Å². The molecule has 0 fully saturated rings. The van der Waals surface area contributed by atoms with Crippen molar-refractivity contribution in [1.82, 2.24) is 0 Å². The summed E-state index contributed by atoms with van der Waals surface area (Å²) in [5, 5.41) is 22.6. The average Bonchev–Trinajstić information content (AvgIpc) is 2.38. The van der Waals surface area contributed by atoms with E-state index in [1.54, 1.807) is 0 Å². The van der Waals surface area contributed by atoms with Crippen LogP contribution in [-0.2, 0) is 4.79 Å². The van der Waals surface area contributed by atoms with Crippen LogP contribution in [0, 0.1) is 16.0 Å². The fourth-order valence-corrected chi connectivity index (χ4v) is 1.47. The van der Waals surface area contributed by atoms with Gasteiger partial charge in [-0.15, -0.1) is 0 Å². The van der Waals surface area contributed by atoms with E-state index in [4.69, 9.17) is 5.73 Å². The number of nitrogens with two attached hydrogens (primary N) is 1. The quantitative estimate of drug-likeness (QED) is 0.425. The molecule has 4 N–H and O–H groups in total. The Morgan fingerprint density at radius 3 is 2.68 bits per heavy atom. The maximum Gasteiger partial charge on any atom is 0.273 e. The van der Waals surface area contributed by atoms with E-state index in [0.29, 0.717) is 0 Å². The van der Waals surface area contributed by atoms with Crippen LogP contribution in [0.25, 0.3) is 0 Å². The first-order valence-corrected chi connectivity index (χ1v) is 5.90. The third-order valence-corrected chi connectivity index (χ3v) is 3.01. The minimum Gasteiger partial charge on any atom is -0.506 e. The lowest BCUT2D eigenvalue weighted by molar-refractivity contribution is -0.384. The first-order chi connectivity index (χ1) is 8.86. The van der Waals surface area contributed by atoms with E-state index < -0.39 is 16.9 Å². The van der Waals surface area contributed by atoms with Gasteiger partial charge in [0.1, 0.15) is 5.75 Å². The van der Waals surface area contributed by atoms with Gasteiger partial charge in [-0.3, -0.25) is 14.9 Å². The molecule has 0 radical (unpaired) electrons. The maximum atomic E-state index is 11.8. The summed E-state index contributed by atoms with van der Waals surface area (Å²) in [5.74, 6) is -0.794. The zero-order valence-corrected chi connectivity index (χ0v) is 10.8. The van der Waals surface area contributed by atoms with E-state index in [9.17, 15) is 20.0 Å². The standard InChI is InChI=1S/C12H17N3O4/c1-3-7(2)11(13)12(17)14-9-5-4-8(15(18)19)6-10(9)16/h4-7,11,16H,3,13H2,1-2H3,(H,14,17). The highest BCUT2D eigenvalue weighted by Gasteiger charge is 2.21. The second kappa shape index (κ2) is 6.14. The molecule has 0 aliphatic carbocycles. The Labute approximate surface area is 110 Å². The number of phenolic OH excluding ortho intramolecular Hbond substituents is 1. The van der Waals surface area contributed by atoms with Gasteiger partial charge in [-0.25, -0.2) is 0 Å². The number of phenols is 1. The highest BCUT2D eigenvalue weighted by atomic mass is 16.6. The first-order valence-electron chi connectivity index (χ1n) is 5.90. The zero-order valence-electron chi connectivity index (χ0n) is 10.8. The van der Waals surface area contributed by atoms with Crippen molar-refractivity contribution in [3.8, 4) is 5.75 Å². The number of aromatic hydroxyl groups is 1. The van der Waals surface area contributed by atoms with Crippen LogP contribution >= 0.6 is 0 Å². The summed E-state index contributed by atoms with van der Waals surface area (Å²) in [5.41, 5.74) is 5.60. The van der Waals surface area contributed by atoms with E-state index in [0.717, 1.165) is 12.5 Å². The molecule has 0 saturated carbocycles. The van der Waals surface area contributed by atoms with Gasteiger partial charge in [0.05, 0.1) is 22.7 Å². The molecule has 0 aliphatic heterocycles. The summed E-state index contributed by atoms with van der Waals surface area (Å²) in [6, 6.07) is 2.75. The van der Waals surface area contributed by atoms with Crippen molar-refractivity contribution in [2.24, 2.45) is 11.7 Å². The Hall–Kier alpha value is -2.15. The van der Waals surface area contributed by atoms with Crippen LogP contribution in [0.2, 0.25) is 0 Å². The Balaban J connectivity index is 2.83. The molecule has 0 bridgehead atoms. The number of hydrogen-bond donors (Lipinski definition) is 3. The molecular formula is C12H17N3O4. The number of benzene rings is 1. The molecule has 0 saturated heterocycles. The number of nitrogens with zero attached hydrogens (tertiary/aromatic N) is 1. The fourth-order valence-electron chi connectivity index (χ4n) is 1.47. The third kappa shape index (κ3) is 3.65. The molecule has 7 nitrogen and oxygen atoms in total. The molecular weight excluding hydrogens is 250 g/mol. The van der Waals surface area contributed by atoms with Crippen molar-refractivity contribution in [3.63, 3.8) is 0 Å². The van der Waals surface area contributed by atoms with Gasteiger partial charge < -0.3 is 16.2 Å². The van der Waals surface area contributed by atoms with Crippen molar-refractivity contribution < 1.29 is 14.8 Å². The van der Waals surface area contributed by atoms with Gasteiger partial charge in [-0.2, -0.15) is 0 Å². The highest BCUT2D eigenvalue weighted by Crippen LogP contribution is 2.28. The zero-order chi connectivity index (χ0) is 14.6. The first kappa shape index (κ1) is 14.9. The van der Waals surface area contributed by atoms with Gasteiger partial charge in [0.2, 0.25) is 5.91 Å². The molecule has 1 amide bonds. The predicted octanol–water partition coefficient (Wildman–Crippen LogP) is 1.61. The summed E-state index contributed by atoms with van der Waals surface area (Å²) >= 11 is 0. The number of nitro groups is 1. The normalized spacial score (nSPS) is 13.6. The molecule has 7 heteroatoms. The Kier molecular flexibility index (Phi) is 4.82. The number of amides is 1. The number of non-ortho nitro benzene ring substituents is 1. The third-order valence-electron chi connectivity index (χ3n) is 3.01. The number of rotatable bonds is 5. The molecule has 1 aromatic carbocycles. The number of nitro benzene ring substituents is 1. The van der Waals surface area contributed by atoms with Crippen LogP contribution in [0.5, 0.6) is 5.75 Å². The Bertz CT molecular complexity index is 490. The molecule has 1 rings (SSSR count). The van der Waals surface area contributed by atoms with Gasteiger partial charge in [-0.1, -0.05) is 20.3 Å². The van der Waals surface area contributed by atoms with Crippen LogP contribution in [0.3, 0.4) is 0 Å². The van der Waals surface area contributed by atoms with Crippen LogP contribution in [0.15, 0.2) is 18.2 Å². The topological polar surface area (TPSA) is 118 Å². The summed E-state index contributed by atoms with van der Waals surface area (Å²) in [4.78, 5) is 21.7. The van der Waals surface area contributed by atoms with Crippen molar-refractivity contribution in [2.75, 3.05) is 5.32 Å². The Morgan fingerprint density at radius 2 is 2.21 bits per heavy atom. The number of carbonyl (C=O) groups is 1. The number of hydrogen-bond acceptors (Lipinski definition) is 5. The van der Waals surface area contributed by atoms with Crippen molar-refractivity contribution in [2.45, 2.75) is 26.3 Å². The number of anilines is 1. The van der Waals surface area contributed by atoms with Gasteiger partial charge in [-0.05, 0) is 12.0 Å². The summed E-state index contributed by atoms with van der Waals surface area (Å²) < 4.78 is 0. The molecule has 0 aliphatic rings. The SMILES string of the molecule is CCC(C)C(N)C(=O)Nc1ccc([N+](=O)[O-])cc1O. The minimum absolute atomic E-state index is 0.000177. The minimum atomic E-state index is -0.695. The van der Waals surface area contributed by atoms with Gasteiger partial charge in [0.25, 0.3) is 5.69 Å². The second-order valence-electron chi connectivity index (χ2n) is 4.36. The lowest BCUT2D eigenvalue weighted by Gasteiger charge is -2.18. The number of carbonyl (C=O) groups excluding carboxylic acids is 1. The van der Waals surface area contributed by atoms with E-state index in [-0.39, 0.29) is 23.0 Å². The smallest absolute Gasteiger partial charge is 0.273 e. The van der Waals surface area contributed by atoms with Crippen LogP contribution in [0.4, 0.5) is 11.4 Å². The maximum absolute atomic E-state index is 11.8. The molecule has 0 spiro atoms. The van der Waals surface area contributed by atoms with E-state index >= 15 is 0 Å². The largest absolute Gasteiger partial charge is 0.506 e. The molecule has 2 atom stereocenters. The Morgan fingerprint density at radius 1 is 1.58 bits per heavy atom. The molecule has 19 heavy (non-hydrogen) atoms. The molecule has 0 aromatic heterocycles. The predicted molar refractivity (Wildman–Crippen MR) is 70.8 cm³/mol. The summed E-state index contributed by atoms with van der Waals surface area (Å²) in [7, 11) is 0. The molecule has 0 heterocycles. The highest BCUT2D eigenvalue weighted by molar-refractivity contribution is 5.96. The van der Waals surface area contributed by atoms with Gasteiger partial charge in [0, 0.05) is 6.07 Å². The van der Waals surface area contributed by atoms with Crippen molar-refractivity contribution >= 4 is 17.3 Å². The van der Waals surface area contributed by atoms with Gasteiger partial charge >= 0.3 is 0 Å². The monoisotopic (exact) mass is 267 g/mol. The van der Waals surface area contributed by atoms with Gasteiger partial charge in [0.15, 0.2) is 0 Å². The lowest BCUT2D eigenvalue weighted by Crippen LogP contribution is -2.40. The fraction of sp³-hybridized carbons (Fsp3) is 0.417. The average molecular weight is 267 g/mol. The summed E-state index contributed by atoms with van der Waals surface area (Å²) in [6.45, 7) is 3.76. The number of nitrogens with one attached hydrogen (secondary N) is 1. The van der Waals surface area contributed by atoms with E-state index in [2.05, 4.69) is 5.32 Å². The summed E-state index contributed by atoms with van der Waals surface area (Å²) in [6.07, 6.45) is 0.751.